The molecule has 2 fully saturated rings. The van der Waals surface area contributed by atoms with E-state index in [0.717, 1.165) is 30.4 Å². The topological polar surface area (TPSA) is 66.8 Å². The number of fused-ring (bicyclic) bond motifs is 5. The maximum atomic E-state index is 11.7. The molecule has 7 unspecified atom stereocenters. The number of hydrogen-bond acceptors (Lipinski definition) is 4. The molecular formula is C22H26O4. The first-order valence-electron chi connectivity index (χ1n) is 9.49. The number of phenolic OH excluding ortho intramolecular Hbond substituents is 1. The fourth-order valence-electron chi connectivity index (χ4n) is 6.13. The van der Waals surface area contributed by atoms with Gasteiger partial charge in [0.2, 0.25) is 0 Å². The first kappa shape index (κ1) is 17.4. The Bertz CT molecular complexity index is 779. The molecule has 3 aliphatic rings. The number of rotatable bonds is 1. The lowest BCUT2D eigenvalue weighted by Crippen LogP contribution is -2.46. The summed E-state index contributed by atoms with van der Waals surface area (Å²) >= 11 is 0. The van der Waals surface area contributed by atoms with Gasteiger partial charge in [0.05, 0.1) is 12.0 Å². The van der Waals surface area contributed by atoms with Gasteiger partial charge in [-0.15, -0.1) is 6.42 Å². The predicted molar refractivity (Wildman–Crippen MR) is 97.2 cm³/mol. The van der Waals surface area contributed by atoms with Crippen LogP contribution in [0, 0.1) is 35.5 Å². The highest BCUT2D eigenvalue weighted by Crippen LogP contribution is 2.64. The van der Waals surface area contributed by atoms with Crippen molar-refractivity contribution in [3.05, 3.63) is 29.3 Å². The van der Waals surface area contributed by atoms with Crippen LogP contribution in [0.2, 0.25) is 0 Å². The fourth-order valence-corrected chi connectivity index (χ4v) is 6.13. The molecule has 4 nitrogen and oxygen atoms in total. The molecule has 1 aromatic rings. The molecule has 0 aromatic heterocycles. The molecule has 2 saturated carbocycles. The number of aromatic hydroxyl groups is 1. The van der Waals surface area contributed by atoms with Crippen LogP contribution in [0.5, 0.6) is 5.75 Å². The lowest BCUT2D eigenvalue weighted by Gasteiger charge is -2.51. The number of benzene rings is 1. The molecule has 26 heavy (non-hydrogen) atoms. The van der Waals surface area contributed by atoms with Gasteiger partial charge in [-0.05, 0) is 66.7 Å². The van der Waals surface area contributed by atoms with Gasteiger partial charge in [-0.25, -0.2) is 0 Å². The summed E-state index contributed by atoms with van der Waals surface area (Å²) in [6, 6.07) is 5.37. The smallest absolute Gasteiger partial charge is 0.302 e. The summed E-state index contributed by atoms with van der Waals surface area (Å²) in [5.41, 5.74) is 1.87. The molecule has 0 bridgehead atoms. The van der Waals surface area contributed by atoms with Gasteiger partial charge in [-0.3, -0.25) is 4.79 Å². The third kappa shape index (κ3) is 2.45. The van der Waals surface area contributed by atoms with Gasteiger partial charge in [-0.1, -0.05) is 18.9 Å². The molecule has 0 saturated heterocycles. The average Bonchev–Trinajstić information content (AvgIpc) is 2.87. The van der Waals surface area contributed by atoms with Crippen LogP contribution < -0.4 is 0 Å². The number of ether oxygens (including phenoxy) is 1. The average molecular weight is 354 g/mol. The Morgan fingerprint density at radius 3 is 2.81 bits per heavy atom. The van der Waals surface area contributed by atoms with Crippen molar-refractivity contribution < 1.29 is 19.7 Å². The standard InChI is InChI=1S/C22H26O4/c1-4-13-9-19-17-11-20(25)18-10-14(24)5-6-15(18)16(17)7-8-22(19,3)21(13)26-12(2)23/h1,5-6,10,13,16-17,19-21,24-25H,7-9,11H2,2-3H3. The van der Waals surface area contributed by atoms with E-state index in [9.17, 15) is 15.0 Å². The van der Waals surface area contributed by atoms with E-state index >= 15 is 0 Å². The zero-order valence-electron chi connectivity index (χ0n) is 15.3. The maximum Gasteiger partial charge on any atom is 0.302 e. The summed E-state index contributed by atoms with van der Waals surface area (Å²) in [6.45, 7) is 3.65. The zero-order chi connectivity index (χ0) is 18.6. The van der Waals surface area contributed by atoms with Crippen molar-refractivity contribution in [1.29, 1.82) is 0 Å². The maximum absolute atomic E-state index is 11.7. The summed E-state index contributed by atoms with van der Waals surface area (Å²) in [7, 11) is 0. The molecule has 138 valence electrons. The first-order chi connectivity index (χ1) is 12.3. The van der Waals surface area contributed by atoms with Gasteiger partial charge >= 0.3 is 5.97 Å². The van der Waals surface area contributed by atoms with Crippen LogP contribution in [0.25, 0.3) is 0 Å². The fraction of sp³-hybridized carbons (Fsp3) is 0.591. The van der Waals surface area contributed by atoms with Crippen LogP contribution in [-0.4, -0.2) is 22.3 Å². The van der Waals surface area contributed by atoms with Crippen LogP contribution in [0.15, 0.2) is 18.2 Å². The van der Waals surface area contributed by atoms with E-state index in [4.69, 9.17) is 11.2 Å². The van der Waals surface area contributed by atoms with Gasteiger partial charge in [-0.2, -0.15) is 0 Å². The minimum absolute atomic E-state index is 0.0639. The van der Waals surface area contributed by atoms with E-state index in [-0.39, 0.29) is 29.2 Å². The van der Waals surface area contributed by atoms with E-state index < -0.39 is 6.10 Å². The summed E-state index contributed by atoms with van der Waals surface area (Å²) < 4.78 is 5.70. The van der Waals surface area contributed by atoms with E-state index in [1.807, 2.05) is 6.07 Å². The summed E-state index contributed by atoms with van der Waals surface area (Å²) in [4.78, 5) is 11.7. The monoisotopic (exact) mass is 354 g/mol. The summed E-state index contributed by atoms with van der Waals surface area (Å²) in [5, 5.41) is 20.5. The third-order valence-electron chi connectivity index (χ3n) is 7.23. The number of carbonyl (C=O) groups is 1. The highest BCUT2D eigenvalue weighted by Gasteiger charge is 2.60. The molecule has 7 atom stereocenters. The van der Waals surface area contributed by atoms with Crippen LogP contribution in [-0.2, 0) is 9.53 Å². The minimum Gasteiger partial charge on any atom is -0.508 e. The Balaban J connectivity index is 1.71. The Hall–Kier alpha value is -1.99. The number of esters is 1. The number of aliphatic hydroxyl groups excluding tert-OH is 1. The van der Waals surface area contributed by atoms with Gasteiger partial charge < -0.3 is 14.9 Å². The van der Waals surface area contributed by atoms with Gasteiger partial charge in [0.15, 0.2) is 0 Å². The molecule has 0 radical (unpaired) electrons. The number of carbonyl (C=O) groups excluding carboxylic acids is 1. The Kier molecular flexibility index (Phi) is 4.04. The Labute approximate surface area is 154 Å². The second-order valence-electron chi connectivity index (χ2n) is 8.52. The quantitative estimate of drug-likeness (QED) is 0.598. The highest BCUT2D eigenvalue weighted by atomic mass is 16.5. The number of aliphatic hydroxyl groups is 1. The van der Waals surface area contributed by atoms with E-state index in [1.165, 1.54) is 6.92 Å². The molecular weight excluding hydrogens is 328 g/mol. The van der Waals surface area contributed by atoms with E-state index in [0.29, 0.717) is 24.2 Å². The molecule has 3 aliphatic carbocycles. The van der Waals surface area contributed by atoms with Gasteiger partial charge in [0, 0.05) is 12.3 Å². The summed E-state index contributed by atoms with van der Waals surface area (Å²) in [6.07, 6.45) is 8.41. The van der Waals surface area contributed by atoms with Crippen LogP contribution in [0.3, 0.4) is 0 Å². The SMILES string of the molecule is C#CC1CC2C3CC(O)c4cc(O)ccc4C3CCC2(C)C1OC(C)=O. The van der Waals surface area contributed by atoms with E-state index in [1.54, 1.807) is 12.1 Å². The van der Waals surface area contributed by atoms with Crippen LogP contribution >= 0.6 is 0 Å². The van der Waals surface area contributed by atoms with Crippen molar-refractivity contribution >= 4 is 5.97 Å². The van der Waals surface area contributed by atoms with Crippen molar-refractivity contribution in [2.24, 2.45) is 23.2 Å². The molecule has 4 rings (SSSR count). The molecule has 0 heterocycles. The number of phenols is 1. The predicted octanol–water partition coefficient (Wildman–Crippen LogP) is 3.53. The van der Waals surface area contributed by atoms with Crippen molar-refractivity contribution in [3.63, 3.8) is 0 Å². The first-order valence-corrected chi connectivity index (χ1v) is 9.49. The molecule has 0 spiro atoms. The zero-order valence-corrected chi connectivity index (χ0v) is 15.3. The van der Waals surface area contributed by atoms with Crippen LogP contribution in [0.1, 0.15) is 62.7 Å². The number of hydrogen-bond donors (Lipinski definition) is 2. The normalized spacial score (nSPS) is 40.7. The second-order valence-corrected chi connectivity index (χ2v) is 8.52. The molecule has 0 aliphatic heterocycles. The van der Waals surface area contributed by atoms with Gasteiger partial charge in [0.1, 0.15) is 11.9 Å². The highest BCUT2D eigenvalue weighted by molar-refractivity contribution is 5.66. The Morgan fingerprint density at radius 2 is 2.12 bits per heavy atom. The van der Waals surface area contributed by atoms with Crippen molar-refractivity contribution in [2.45, 2.75) is 57.7 Å². The number of terminal acetylenes is 1. The lowest BCUT2D eigenvalue weighted by molar-refractivity contribution is -0.156. The Morgan fingerprint density at radius 1 is 1.35 bits per heavy atom. The minimum atomic E-state index is -0.572. The molecule has 1 aromatic carbocycles. The van der Waals surface area contributed by atoms with Crippen molar-refractivity contribution in [2.75, 3.05) is 0 Å². The van der Waals surface area contributed by atoms with Crippen molar-refractivity contribution in [1.82, 2.24) is 0 Å². The van der Waals surface area contributed by atoms with E-state index in [2.05, 4.69) is 12.8 Å². The summed E-state index contributed by atoms with van der Waals surface area (Å²) in [5.74, 6) is 3.72. The lowest BCUT2D eigenvalue weighted by atomic mass is 9.55. The largest absolute Gasteiger partial charge is 0.508 e. The molecule has 2 N–H and O–H groups in total. The van der Waals surface area contributed by atoms with Crippen molar-refractivity contribution in [3.8, 4) is 18.1 Å². The third-order valence-corrected chi connectivity index (χ3v) is 7.23. The second kappa shape index (κ2) is 6.03. The molecule has 0 amide bonds. The van der Waals surface area contributed by atoms with Crippen LogP contribution in [0.4, 0.5) is 0 Å². The molecule has 4 heteroatoms. The van der Waals surface area contributed by atoms with Gasteiger partial charge in [0.25, 0.3) is 0 Å².